The van der Waals surface area contributed by atoms with Gasteiger partial charge < -0.3 is 14.6 Å². The van der Waals surface area contributed by atoms with E-state index in [0.717, 1.165) is 12.8 Å². The molecule has 0 aromatic carbocycles. The highest BCUT2D eigenvalue weighted by Gasteiger charge is 2.42. The Balaban J connectivity index is 2.58. The fourth-order valence-electron chi connectivity index (χ4n) is 2.04. The summed E-state index contributed by atoms with van der Waals surface area (Å²) in [6, 6.07) is 0. The van der Waals surface area contributed by atoms with E-state index in [2.05, 4.69) is 6.08 Å². The Morgan fingerprint density at radius 1 is 1.53 bits per heavy atom. The van der Waals surface area contributed by atoms with Crippen molar-refractivity contribution in [2.75, 3.05) is 13.7 Å². The molecule has 88 valence electrons. The van der Waals surface area contributed by atoms with Crippen LogP contribution in [0, 0.1) is 0 Å². The van der Waals surface area contributed by atoms with Gasteiger partial charge in [-0.1, -0.05) is 12.2 Å². The van der Waals surface area contributed by atoms with Gasteiger partial charge in [-0.3, -0.25) is 0 Å². The van der Waals surface area contributed by atoms with E-state index in [-0.39, 0.29) is 0 Å². The van der Waals surface area contributed by atoms with Crippen molar-refractivity contribution < 1.29 is 14.6 Å². The van der Waals surface area contributed by atoms with Crippen molar-refractivity contribution in [3.05, 3.63) is 12.2 Å². The summed E-state index contributed by atoms with van der Waals surface area (Å²) in [5.74, 6) is -0.596. The minimum absolute atomic E-state index is 0.550. The second kappa shape index (κ2) is 5.10. The first kappa shape index (κ1) is 12.7. The van der Waals surface area contributed by atoms with Gasteiger partial charge in [-0.05, 0) is 26.7 Å². The Morgan fingerprint density at radius 3 is 2.80 bits per heavy atom. The van der Waals surface area contributed by atoms with Gasteiger partial charge in [0, 0.05) is 20.0 Å². The summed E-state index contributed by atoms with van der Waals surface area (Å²) in [5.41, 5.74) is -0.663. The van der Waals surface area contributed by atoms with Crippen LogP contribution in [0.15, 0.2) is 12.2 Å². The maximum absolute atomic E-state index is 10.0. The lowest BCUT2D eigenvalue weighted by molar-refractivity contribution is -0.278. The predicted molar refractivity (Wildman–Crippen MR) is 59.6 cm³/mol. The molecule has 0 aromatic rings. The molecule has 0 radical (unpaired) electrons. The summed E-state index contributed by atoms with van der Waals surface area (Å²) in [5, 5.41) is 10.0. The Labute approximate surface area is 92.1 Å². The number of ether oxygens (including phenoxy) is 2. The van der Waals surface area contributed by atoms with Crippen molar-refractivity contribution in [1.29, 1.82) is 0 Å². The largest absolute Gasteiger partial charge is 0.390 e. The van der Waals surface area contributed by atoms with Crippen molar-refractivity contribution in [2.45, 2.75) is 50.9 Å². The molecule has 0 aromatic heterocycles. The molecule has 0 spiro atoms. The van der Waals surface area contributed by atoms with Gasteiger partial charge in [-0.25, -0.2) is 0 Å². The summed E-state index contributed by atoms with van der Waals surface area (Å²) >= 11 is 0. The summed E-state index contributed by atoms with van der Waals surface area (Å²) in [7, 11) is 1.65. The van der Waals surface area contributed by atoms with Crippen LogP contribution in [0.1, 0.15) is 39.5 Å². The molecule has 1 saturated heterocycles. The van der Waals surface area contributed by atoms with Crippen molar-refractivity contribution >= 4 is 0 Å². The molecule has 1 N–H and O–H groups in total. The van der Waals surface area contributed by atoms with Gasteiger partial charge in [0.2, 0.25) is 0 Å². The lowest BCUT2D eigenvalue weighted by atomic mass is 9.88. The molecule has 1 aliphatic rings. The van der Waals surface area contributed by atoms with Crippen molar-refractivity contribution in [3.63, 3.8) is 0 Å². The zero-order valence-corrected chi connectivity index (χ0v) is 9.95. The Bertz CT molecular complexity index is 223. The van der Waals surface area contributed by atoms with Crippen LogP contribution < -0.4 is 0 Å². The molecule has 0 unspecified atom stereocenters. The third kappa shape index (κ3) is 3.59. The zero-order valence-electron chi connectivity index (χ0n) is 9.95. The zero-order chi connectivity index (χ0) is 11.4. The van der Waals surface area contributed by atoms with Crippen LogP contribution in [-0.4, -0.2) is 30.2 Å². The van der Waals surface area contributed by atoms with Crippen LogP contribution in [0.5, 0.6) is 0 Å². The molecule has 1 aliphatic heterocycles. The molecule has 0 bridgehead atoms. The number of aliphatic hydroxyl groups is 1. The molecule has 3 heteroatoms. The Kier molecular flexibility index (Phi) is 4.32. The normalized spacial score (nSPS) is 37.3. The summed E-state index contributed by atoms with van der Waals surface area (Å²) in [6.07, 6.45) is 7.05. The minimum atomic E-state index is -0.663. The van der Waals surface area contributed by atoms with Gasteiger partial charge in [0.15, 0.2) is 5.79 Å². The molecular weight excluding hydrogens is 192 g/mol. The van der Waals surface area contributed by atoms with Gasteiger partial charge in [-0.15, -0.1) is 0 Å². The lowest BCUT2D eigenvalue weighted by Gasteiger charge is -2.42. The average Bonchev–Trinajstić information content (AvgIpc) is 2.17. The third-order valence-electron chi connectivity index (χ3n) is 2.96. The second-order valence-electron chi connectivity index (χ2n) is 4.49. The fraction of sp³-hybridized carbons (Fsp3) is 0.833. The van der Waals surface area contributed by atoms with E-state index in [1.165, 1.54) is 0 Å². The first-order valence-corrected chi connectivity index (χ1v) is 5.56. The molecule has 1 heterocycles. The summed E-state index contributed by atoms with van der Waals surface area (Å²) in [6.45, 7) is 4.41. The molecule has 1 fully saturated rings. The summed E-state index contributed by atoms with van der Waals surface area (Å²) < 4.78 is 11.1. The van der Waals surface area contributed by atoms with E-state index >= 15 is 0 Å². The standard InChI is InChI=1S/C12H22O3/c1-4-5-6-7-12(14-3)10-11(2,13)8-9-15-12/h4-5,13H,6-10H2,1-3H3/b5-4+/t11-,12-/m0/s1. The van der Waals surface area contributed by atoms with Crippen LogP contribution in [0.4, 0.5) is 0 Å². The van der Waals surface area contributed by atoms with E-state index in [0.29, 0.717) is 19.4 Å². The number of methoxy groups -OCH3 is 1. The topological polar surface area (TPSA) is 38.7 Å². The van der Waals surface area contributed by atoms with E-state index < -0.39 is 11.4 Å². The maximum Gasteiger partial charge on any atom is 0.170 e. The first-order valence-electron chi connectivity index (χ1n) is 5.56. The van der Waals surface area contributed by atoms with Crippen LogP contribution >= 0.6 is 0 Å². The molecule has 0 saturated carbocycles. The average molecular weight is 214 g/mol. The quantitative estimate of drug-likeness (QED) is 0.729. The number of allylic oxidation sites excluding steroid dienone is 2. The SMILES string of the molecule is C/C=C/CC[C@@]1(OC)C[C@@](C)(O)CCO1. The first-order chi connectivity index (χ1) is 7.04. The highest BCUT2D eigenvalue weighted by Crippen LogP contribution is 2.35. The monoisotopic (exact) mass is 214 g/mol. The Hall–Kier alpha value is -0.380. The van der Waals surface area contributed by atoms with Gasteiger partial charge in [0.05, 0.1) is 12.2 Å². The molecule has 1 rings (SSSR count). The van der Waals surface area contributed by atoms with Gasteiger partial charge in [0.25, 0.3) is 0 Å². The summed E-state index contributed by atoms with van der Waals surface area (Å²) in [4.78, 5) is 0. The van der Waals surface area contributed by atoms with Gasteiger partial charge in [0.1, 0.15) is 0 Å². The molecular formula is C12H22O3. The molecule has 0 amide bonds. The van der Waals surface area contributed by atoms with E-state index in [9.17, 15) is 5.11 Å². The van der Waals surface area contributed by atoms with Crippen molar-refractivity contribution in [3.8, 4) is 0 Å². The van der Waals surface area contributed by atoms with Crippen LogP contribution in [0.3, 0.4) is 0 Å². The number of rotatable bonds is 4. The Morgan fingerprint density at radius 2 is 2.27 bits per heavy atom. The lowest BCUT2D eigenvalue weighted by Crippen LogP contribution is -2.48. The number of hydrogen-bond acceptors (Lipinski definition) is 3. The van der Waals surface area contributed by atoms with Crippen LogP contribution in [-0.2, 0) is 9.47 Å². The van der Waals surface area contributed by atoms with E-state index in [1.54, 1.807) is 7.11 Å². The van der Waals surface area contributed by atoms with Gasteiger partial charge >= 0.3 is 0 Å². The molecule has 2 atom stereocenters. The van der Waals surface area contributed by atoms with E-state index in [4.69, 9.17) is 9.47 Å². The highest BCUT2D eigenvalue weighted by atomic mass is 16.7. The maximum atomic E-state index is 10.0. The van der Waals surface area contributed by atoms with Gasteiger partial charge in [-0.2, -0.15) is 0 Å². The predicted octanol–water partition coefficient (Wildman–Crippen LogP) is 2.25. The van der Waals surface area contributed by atoms with Crippen molar-refractivity contribution in [1.82, 2.24) is 0 Å². The highest BCUT2D eigenvalue weighted by molar-refractivity contribution is 4.89. The molecule has 15 heavy (non-hydrogen) atoms. The molecule has 3 nitrogen and oxygen atoms in total. The smallest absolute Gasteiger partial charge is 0.170 e. The third-order valence-corrected chi connectivity index (χ3v) is 2.96. The van der Waals surface area contributed by atoms with Crippen molar-refractivity contribution in [2.24, 2.45) is 0 Å². The van der Waals surface area contributed by atoms with E-state index in [1.807, 2.05) is 19.9 Å². The second-order valence-corrected chi connectivity index (χ2v) is 4.49. The van der Waals surface area contributed by atoms with Crippen LogP contribution in [0.25, 0.3) is 0 Å². The minimum Gasteiger partial charge on any atom is -0.390 e. The van der Waals surface area contributed by atoms with Crippen LogP contribution in [0.2, 0.25) is 0 Å². The fourth-order valence-corrected chi connectivity index (χ4v) is 2.04. The number of hydrogen-bond donors (Lipinski definition) is 1. The molecule has 0 aliphatic carbocycles.